The number of carbonyl (C=O) groups is 1. The van der Waals surface area contributed by atoms with Crippen LogP contribution < -0.4 is 10.6 Å². The van der Waals surface area contributed by atoms with Gasteiger partial charge in [-0.3, -0.25) is 4.79 Å². The van der Waals surface area contributed by atoms with E-state index < -0.39 is 0 Å². The highest BCUT2D eigenvalue weighted by atomic mass is 79.9. The molecule has 0 atom stereocenters. The van der Waals surface area contributed by atoms with Gasteiger partial charge in [-0.2, -0.15) is 0 Å². The van der Waals surface area contributed by atoms with Crippen molar-refractivity contribution >= 4 is 44.0 Å². The fraction of sp³-hybridized carbons (Fsp3) is 0.111. The van der Waals surface area contributed by atoms with Crippen LogP contribution in [0.4, 0.5) is 10.8 Å². The Labute approximate surface area is 153 Å². The molecule has 4 nitrogen and oxygen atoms in total. The van der Waals surface area contributed by atoms with Crippen LogP contribution >= 0.6 is 27.3 Å². The molecule has 24 heavy (non-hydrogen) atoms. The molecule has 0 radical (unpaired) electrons. The average molecular weight is 402 g/mol. The summed E-state index contributed by atoms with van der Waals surface area (Å²) in [6.45, 7) is 2.90. The average Bonchev–Trinajstić information content (AvgIpc) is 3.04. The summed E-state index contributed by atoms with van der Waals surface area (Å²) >= 11 is 4.96. The second kappa shape index (κ2) is 7.59. The van der Waals surface area contributed by atoms with Crippen molar-refractivity contribution in [2.75, 3.05) is 17.2 Å². The summed E-state index contributed by atoms with van der Waals surface area (Å²) in [5.74, 6) is -0.132. The normalized spacial score (nSPS) is 10.4. The third kappa shape index (κ3) is 4.01. The van der Waals surface area contributed by atoms with Gasteiger partial charge in [0.2, 0.25) is 0 Å². The first kappa shape index (κ1) is 16.7. The van der Waals surface area contributed by atoms with E-state index in [0.717, 1.165) is 33.1 Å². The molecule has 0 aliphatic heterocycles. The summed E-state index contributed by atoms with van der Waals surface area (Å²) in [7, 11) is 0. The van der Waals surface area contributed by atoms with Gasteiger partial charge in [-0.1, -0.05) is 34.1 Å². The van der Waals surface area contributed by atoms with Gasteiger partial charge in [-0.15, -0.1) is 11.3 Å². The second-order valence-corrected chi connectivity index (χ2v) is 6.88. The van der Waals surface area contributed by atoms with Gasteiger partial charge in [-0.25, -0.2) is 4.98 Å². The zero-order chi connectivity index (χ0) is 16.9. The Balaban J connectivity index is 1.71. The van der Waals surface area contributed by atoms with Crippen LogP contribution in [-0.4, -0.2) is 17.4 Å². The summed E-state index contributed by atoms with van der Waals surface area (Å²) in [6.07, 6.45) is 0. The number of hydrogen-bond donors (Lipinski definition) is 2. The molecular formula is C18H16BrN3OS. The summed E-state index contributed by atoms with van der Waals surface area (Å²) in [5, 5.41) is 9.04. The van der Waals surface area contributed by atoms with Gasteiger partial charge in [0.15, 0.2) is 5.13 Å². The van der Waals surface area contributed by atoms with Gasteiger partial charge in [0.05, 0.1) is 5.69 Å². The Bertz CT molecular complexity index is 845. The van der Waals surface area contributed by atoms with Gasteiger partial charge in [0, 0.05) is 33.2 Å². The standard InChI is InChI=1S/C18H16BrN3OS/c1-2-20-18-22-16(11-24-18)12-6-8-15(9-7-12)21-17(23)13-4-3-5-14(19)10-13/h3-11H,2H2,1H3,(H,20,22)(H,21,23). The van der Waals surface area contributed by atoms with Crippen LogP contribution in [0.3, 0.4) is 0 Å². The van der Waals surface area contributed by atoms with Crippen molar-refractivity contribution in [3.63, 3.8) is 0 Å². The van der Waals surface area contributed by atoms with Crippen molar-refractivity contribution in [3.8, 4) is 11.3 Å². The van der Waals surface area contributed by atoms with E-state index in [9.17, 15) is 4.79 Å². The number of benzene rings is 2. The first-order valence-corrected chi connectivity index (χ1v) is 9.19. The number of rotatable bonds is 5. The van der Waals surface area contributed by atoms with E-state index in [0.29, 0.717) is 5.56 Å². The zero-order valence-electron chi connectivity index (χ0n) is 13.0. The van der Waals surface area contributed by atoms with Gasteiger partial charge in [-0.05, 0) is 37.3 Å². The summed E-state index contributed by atoms with van der Waals surface area (Å²) in [6, 6.07) is 15.0. The SMILES string of the molecule is CCNc1nc(-c2ccc(NC(=O)c3cccc(Br)c3)cc2)cs1. The Morgan fingerprint density at radius 2 is 2.00 bits per heavy atom. The third-order valence-corrected chi connectivity index (χ3v) is 4.65. The molecule has 122 valence electrons. The number of hydrogen-bond acceptors (Lipinski definition) is 4. The molecule has 2 aromatic carbocycles. The molecule has 1 heterocycles. The fourth-order valence-electron chi connectivity index (χ4n) is 2.20. The molecule has 3 rings (SSSR count). The largest absolute Gasteiger partial charge is 0.362 e. The van der Waals surface area contributed by atoms with E-state index in [2.05, 4.69) is 31.5 Å². The minimum absolute atomic E-state index is 0.132. The lowest BCUT2D eigenvalue weighted by atomic mass is 10.1. The van der Waals surface area contributed by atoms with E-state index in [-0.39, 0.29) is 5.91 Å². The van der Waals surface area contributed by atoms with Crippen LogP contribution in [0.5, 0.6) is 0 Å². The minimum atomic E-state index is -0.132. The Hall–Kier alpha value is -2.18. The van der Waals surface area contributed by atoms with E-state index in [1.807, 2.05) is 48.7 Å². The van der Waals surface area contributed by atoms with Crippen LogP contribution in [0.1, 0.15) is 17.3 Å². The predicted molar refractivity (Wildman–Crippen MR) is 104 cm³/mol. The maximum atomic E-state index is 12.2. The van der Waals surface area contributed by atoms with Crippen molar-refractivity contribution < 1.29 is 4.79 Å². The number of carbonyl (C=O) groups excluding carboxylic acids is 1. The lowest BCUT2D eigenvalue weighted by molar-refractivity contribution is 0.102. The van der Waals surface area contributed by atoms with Crippen LogP contribution in [0.15, 0.2) is 58.4 Å². The van der Waals surface area contributed by atoms with Gasteiger partial charge in [0.25, 0.3) is 5.91 Å². The molecule has 3 aromatic rings. The molecule has 1 aromatic heterocycles. The van der Waals surface area contributed by atoms with Crippen molar-refractivity contribution in [1.29, 1.82) is 0 Å². The predicted octanol–water partition coefficient (Wildman–Crippen LogP) is 5.26. The Morgan fingerprint density at radius 1 is 1.21 bits per heavy atom. The first-order valence-electron chi connectivity index (χ1n) is 7.52. The van der Waals surface area contributed by atoms with Crippen molar-refractivity contribution in [2.24, 2.45) is 0 Å². The molecule has 0 bridgehead atoms. The summed E-state index contributed by atoms with van der Waals surface area (Å²) in [4.78, 5) is 16.8. The van der Waals surface area contributed by atoms with E-state index >= 15 is 0 Å². The van der Waals surface area contributed by atoms with Crippen molar-refractivity contribution in [1.82, 2.24) is 4.98 Å². The monoisotopic (exact) mass is 401 g/mol. The fourth-order valence-corrected chi connectivity index (χ4v) is 3.39. The molecule has 0 aliphatic carbocycles. The quantitative estimate of drug-likeness (QED) is 0.613. The Kier molecular flexibility index (Phi) is 5.27. The highest BCUT2D eigenvalue weighted by Gasteiger charge is 2.08. The molecule has 0 aliphatic rings. The molecule has 0 fully saturated rings. The zero-order valence-corrected chi connectivity index (χ0v) is 15.4. The number of aromatic nitrogens is 1. The first-order chi connectivity index (χ1) is 11.7. The molecule has 1 amide bonds. The number of halogens is 1. The number of amides is 1. The topological polar surface area (TPSA) is 54.0 Å². The number of nitrogens with zero attached hydrogens (tertiary/aromatic N) is 1. The Morgan fingerprint density at radius 3 is 2.71 bits per heavy atom. The maximum absolute atomic E-state index is 12.2. The van der Waals surface area contributed by atoms with Gasteiger partial charge in [0.1, 0.15) is 0 Å². The minimum Gasteiger partial charge on any atom is -0.362 e. The van der Waals surface area contributed by atoms with Crippen LogP contribution in [0.25, 0.3) is 11.3 Å². The molecule has 6 heteroatoms. The number of anilines is 2. The molecule has 2 N–H and O–H groups in total. The third-order valence-electron chi connectivity index (χ3n) is 3.36. The maximum Gasteiger partial charge on any atom is 0.255 e. The second-order valence-electron chi connectivity index (χ2n) is 5.11. The van der Waals surface area contributed by atoms with Crippen LogP contribution in [0.2, 0.25) is 0 Å². The van der Waals surface area contributed by atoms with Gasteiger partial charge < -0.3 is 10.6 Å². The molecule has 0 unspecified atom stereocenters. The van der Waals surface area contributed by atoms with E-state index in [1.54, 1.807) is 23.5 Å². The lowest BCUT2D eigenvalue weighted by Gasteiger charge is -2.06. The summed E-state index contributed by atoms with van der Waals surface area (Å²) in [5.41, 5.74) is 3.32. The van der Waals surface area contributed by atoms with E-state index in [1.165, 1.54) is 0 Å². The summed E-state index contributed by atoms with van der Waals surface area (Å²) < 4.78 is 0.880. The highest BCUT2D eigenvalue weighted by molar-refractivity contribution is 9.10. The molecule has 0 saturated heterocycles. The van der Waals surface area contributed by atoms with Crippen LogP contribution in [0, 0.1) is 0 Å². The van der Waals surface area contributed by atoms with Crippen molar-refractivity contribution in [2.45, 2.75) is 6.92 Å². The molecule has 0 spiro atoms. The highest BCUT2D eigenvalue weighted by Crippen LogP contribution is 2.26. The van der Waals surface area contributed by atoms with Crippen molar-refractivity contribution in [3.05, 3.63) is 63.9 Å². The van der Waals surface area contributed by atoms with E-state index in [4.69, 9.17) is 0 Å². The van der Waals surface area contributed by atoms with Crippen LogP contribution in [-0.2, 0) is 0 Å². The molecule has 0 saturated carbocycles. The smallest absolute Gasteiger partial charge is 0.255 e. The number of nitrogens with one attached hydrogen (secondary N) is 2. The number of thiazole rings is 1. The lowest BCUT2D eigenvalue weighted by Crippen LogP contribution is -2.11. The molecular weight excluding hydrogens is 386 g/mol. The van der Waals surface area contributed by atoms with Gasteiger partial charge >= 0.3 is 0 Å².